The second kappa shape index (κ2) is 4.21. The van der Waals surface area contributed by atoms with E-state index < -0.39 is 39.0 Å². The fourth-order valence-corrected chi connectivity index (χ4v) is 1.53. The van der Waals surface area contributed by atoms with E-state index in [1.165, 1.54) is 0 Å². The Labute approximate surface area is 78.9 Å². The van der Waals surface area contributed by atoms with Crippen LogP contribution in [0.1, 0.15) is 0 Å². The zero-order valence-electron chi connectivity index (χ0n) is 6.92. The van der Waals surface area contributed by atoms with Crippen molar-refractivity contribution in [1.29, 1.82) is 0 Å². The standard InChI is InChI=1S/C5H11O8P/c6-1-2-3(7)4(8)5(12-2)13-14(9,10)11/h2-8H,1H2,(H2,9,10,11). The van der Waals surface area contributed by atoms with Crippen molar-refractivity contribution >= 4 is 7.82 Å². The summed E-state index contributed by atoms with van der Waals surface area (Å²) < 4.78 is 19.1. The van der Waals surface area contributed by atoms with Gasteiger partial charge in [0.05, 0.1) is 6.61 Å². The van der Waals surface area contributed by atoms with E-state index in [4.69, 9.17) is 25.1 Å². The molecule has 5 N–H and O–H groups in total. The highest BCUT2D eigenvalue weighted by molar-refractivity contribution is 7.46. The monoisotopic (exact) mass is 230 g/mol. The van der Waals surface area contributed by atoms with Gasteiger partial charge in [-0.1, -0.05) is 0 Å². The SMILES string of the molecule is O=P(O)(O)OC1OC(CO)C(O)C1O. The van der Waals surface area contributed by atoms with Crippen LogP contribution in [0, 0.1) is 0 Å². The number of phosphoric acid groups is 1. The molecule has 1 heterocycles. The molecule has 1 fully saturated rings. The molecule has 0 aromatic rings. The Bertz CT molecular complexity index is 238. The van der Waals surface area contributed by atoms with Crippen molar-refractivity contribution in [1.82, 2.24) is 0 Å². The van der Waals surface area contributed by atoms with E-state index in [9.17, 15) is 4.57 Å². The highest BCUT2D eigenvalue weighted by Crippen LogP contribution is 2.40. The van der Waals surface area contributed by atoms with Gasteiger partial charge in [0, 0.05) is 0 Å². The molecule has 4 unspecified atom stereocenters. The summed E-state index contributed by atoms with van der Waals surface area (Å²) in [5, 5.41) is 26.9. The highest BCUT2D eigenvalue weighted by Gasteiger charge is 2.45. The molecule has 0 aliphatic carbocycles. The average molecular weight is 230 g/mol. The summed E-state index contributed by atoms with van der Waals surface area (Å²) in [6.45, 7) is -0.584. The van der Waals surface area contributed by atoms with Gasteiger partial charge in [-0.2, -0.15) is 0 Å². The highest BCUT2D eigenvalue weighted by atomic mass is 31.2. The molecule has 14 heavy (non-hydrogen) atoms. The van der Waals surface area contributed by atoms with E-state index in [-0.39, 0.29) is 0 Å². The van der Waals surface area contributed by atoms with Crippen molar-refractivity contribution in [2.45, 2.75) is 24.6 Å². The molecule has 0 spiro atoms. The number of ether oxygens (including phenoxy) is 1. The van der Waals surface area contributed by atoms with E-state index in [1.54, 1.807) is 0 Å². The Morgan fingerprint density at radius 2 is 1.86 bits per heavy atom. The van der Waals surface area contributed by atoms with Gasteiger partial charge in [-0.15, -0.1) is 0 Å². The summed E-state index contributed by atoms with van der Waals surface area (Å²) in [7, 11) is -4.79. The summed E-state index contributed by atoms with van der Waals surface area (Å²) >= 11 is 0. The Kier molecular flexibility index (Phi) is 3.62. The first-order valence-electron chi connectivity index (χ1n) is 3.71. The number of phosphoric ester groups is 1. The van der Waals surface area contributed by atoms with Gasteiger partial charge in [0.25, 0.3) is 0 Å². The second-order valence-electron chi connectivity index (χ2n) is 2.80. The Morgan fingerprint density at radius 1 is 1.29 bits per heavy atom. The number of aliphatic hydroxyl groups is 3. The molecule has 84 valence electrons. The van der Waals surface area contributed by atoms with E-state index in [0.29, 0.717) is 0 Å². The molecular weight excluding hydrogens is 219 g/mol. The van der Waals surface area contributed by atoms with Crippen LogP contribution in [-0.4, -0.2) is 56.3 Å². The lowest BCUT2D eigenvalue weighted by molar-refractivity contribution is -0.126. The first-order chi connectivity index (χ1) is 6.35. The summed E-state index contributed by atoms with van der Waals surface area (Å²) in [5.74, 6) is 0. The first kappa shape index (κ1) is 12.0. The summed E-state index contributed by atoms with van der Waals surface area (Å²) in [5.41, 5.74) is 0. The van der Waals surface area contributed by atoms with Gasteiger partial charge in [-0.05, 0) is 0 Å². The van der Waals surface area contributed by atoms with Gasteiger partial charge in [0.1, 0.15) is 18.3 Å². The Hall–Kier alpha value is -0.0500. The lowest BCUT2D eigenvalue weighted by Crippen LogP contribution is -2.34. The van der Waals surface area contributed by atoms with Gasteiger partial charge < -0.3 is 29.8 Å². The molecule has 0 aromatic heterocycles. The molecule has 0 amide bonds. The van der Waals surface area contributed by atoms with Crippen LogP contribution in [0.25, 0.3) is 0 Å². The van der Waals surface area contributed by atoms with E-state index in [2.05, 4.69) is 9.26 Å². The normalized spacial score (nSPS) is 38.9. The molecule has 1 aliphatic heterocycles. The zero-order chi connectivity index (χ0) is 10.9. The Balaban J connectivity index is 2.61. The lowest BCUT2D eigenvalue weighted by Gasteiger charge is -2.15. The number of rotatable bonds is 3. The fraction of sp³-hybridized carbons (Fsp3) is 1.00. The maximum absolute atomic E-state index is 10.4. The van der Waals surface area contributed by atoms with E-state index in [1.807, 2.05) is 0 Å². The van der Waals surface area contributed by atoms with Crippen molar-refractivity contribution < 1.29 is 38.9 Å². The first-order valence-corrected chi connectivity index (χ1v) is 5.24. The van der Waals surface area contributed by atoms with Gasteiger partial charge >= 0.3 is 7.82 Å². The third kappa shape index (κ3) is 2.72. The third-order valence-corrected chi connectivity index (χ3v) is 2.22. The minimum Gasteiger partial charge on any atom is -0.394 e. The predicted octanol–water partition coefficient (Wildman–Crippen LogP) is -2.47. The smallest absolute Gasteiger partial charge is 0.394 e. The van der Waals surface area contributed by atoms with Gasteiger partial charge in [0.2, 0.25) is 0 Å². The van der Waals surface area contributed by atoms with Crippen LogP contribution in [0.4, 0.5) is 0 Å². The summed E-state index contributed by atoms with van der Waals surface area (Å²) in [6.07, 6.45) is -5.78. The maximum Gasteiger partial charge on any atom is 0.472 e. The molecular formula is C5H11O8P. The third-order valence-electron chi connectivity index (χ3n) is 1.74. The number of hydrogen-bond acceptors (Lipinski definition) is 6. The van der Waals surface area contributed by atoms with Crippen molar-refractivity contribution in [3.05, 3.63) is 0 Å². The van der Waals surface area contributed by atoms with Crippen LogP contribution < -0.4 is 0 Å². The topological polar surface area (TPSA) is 137 Å². The molecule has 1 rings (SSSR count). The van der Waals surface area contributed by atoms with E-state index >= 15 is 0 Å². The van der Waals surface area contributed by atoms with Crippen LogP contribution in [0.2, 0.25) is 0 Å². The van der Waals surface area contributed by atoms with Gasteiger partial charge in [-0.25, -0.2) is 4.57 Å². The molecule has 1 saturated heterocycles. The molecule has 0 aromatic carbocycles. The van der Waals surface area contributed by atoms with Crippen molar-refractivity contribution in [2.24, 2.45) is 0 Å². The van der Waals surface area contributed by atoms with Crippen molar-refractivity contribution in [3.63, 3.8) is 0 Å². The summed E-state index contributed by atoms with van der Waals surface area (Å²) in [4.78, 5) is 16.8. The van der Waals surface area contributed by atoms with Crippen LogP contribution in [0.3, 0.4) is 0 Å². The van der Waals surface area contributed by atoms with Crippen molar-refractivity contribution in [2.75, 3.05) is 6.61 Å². The molecule has 0 bridgehead atoms. The minimum atomic E-state index is -4.79. The van der Waals surface area contributed by atoms with Crippen LogP contribution in [-0.2, 0) is 13.8 Å². The second-order valence-corrected chi connectivity index (χ2v) is 3.99. The molecule has 0 radical (unpaired) electrons. The van der Waals surface area contributed by atoms with Gasteiger partial charge in [-0.3, -0.25) is 4.52 Å². The molecule has 4 atom stereocenters. The maximum atomic E-state index is 10.4. The molecule has 1 aliphatic rings. The Morgan fingerprint density at radius 3 is 2.21 bits per heavy atom. The van der Waals surface area contributed by atoms with Crippen LogP contribution in [0.15, 0.2) is 0 Å². The minimum absolute atomic E-state index is 0.584. The summed E-state index contributed by atoms with van der Waals surface area (Å²) in [6, 6.07) is 0. The number of hydrogen-bond donors (Lipinski definition) is 5. The lowest BCUT2D eigenvalue weighted by atomic mass is 10.1. The molecule has 9 heteroatoms. The largest absolute Gasteiger partial charge is 0.472 e. The molecule has 8 nitrogen and oxygen atoms in total. The predicted molar refractivity (Wildman–Crippen MR) is 40.9 cm³/mol. The van der Waals surface area contributed by atoms with Crippen LogP contribution in [0.5, 0.6) is 0 Å². The quantitative estimate of drug-likeness (QED) is 0.336. The zero-order valence-corrected chi connectivity index (χ0v) is 7.82. The molecule has 0 saturated carbocycles. The van der Waals surface area contributed by atoms with E-state index in [0.717, 1.165) is 0 Å². The fourth-order valence-electron chi connectivity index (χ4n) is 1.09. The average Bonchev–Trinajstić information content (AvgIpc) is 2.30. The van der Waals surface area contributed by atoms with Crippen LogP contribution >= 0.6 is 7.82 Å². The van der Waals surface area contributed by atoms with Crippen molar-refractivity contribution in [3.8, 4) is 0 Å². The number of aliphatic hydroxyl groups excluding tert-OH is 3. The van der Waals surface area contributed by atoms with Gasteiger partial charge in [0.15, 0.2) is 6.29 Å².